The second-order valence-electron chi connectivity index (χ2n) is 3.93. The van der Waals surface area contributed by atoms with Gasteiger partial charge in [-0.25, -0.2) is 0 Å². The second kappa shape index (κ2) is 5.11. The Morgan fingerprint density at radius 2 is 1.93 bits per heavy atom. The van der Waals surface area contributed by atoms with Crippen LogP contribution in [0.25, 0.3) is 0 Å². The summed E-state index contributed by atoms with van der Waals surface area (Å²) in [6, 6.07) is 0.390. The van der Waals surface area contributed by atoms with E-state index in [1.165, 1.54) is 0 Å². The van der Waals surface area contributed by atoms with Crippen molar-refractivity contribution in [2.45, 2.75) is 25.8 Å². The molecule has 0 radical (unpaired) electrons. The molecule has 1 rings (SSSR count). The maximum Gasteiger partial charge on any atom is 0.317 e. The molecule has 1 fully saturated rings. The standard InChI is InChI=1S/C10H18N2O3/c1-3-12(7-10(14)15)6-9(13)11(2)8-4-5-8/h8H,3-7H2,1-2H3,(H,14,15). The van der Waals surface area contributed by atoms with Crippen molar-refractivity contribution in [1.29, 1.82) is 0 Å². The first-order valence-electron chi connectivity index (χ1n) is 5.24. The van der Waals surface area contributed by atoms with Crippen LogP contribution in [-0.2, 0) is 9.59 Å². The summed E-state index contributed by atoms with van der Waals surface area (Å²) in [5.41, 5.74) is 0. The minimum absolute atomic E-state index is 0.0144. The smallest absolute Gasteiger partial charge is 0.317 e. The van der Waals surface area contributed by atoms with Crippen LogP contribution in [0.2, 0.25) is 0 Å². The zero-order chi connectivity index (χ0) is 11.4. The predicted molar refractivity (Wildman–Crippen MR) is 55.5 cm³/mol. The van der Waals surface area contributed by atoms with Crippen LogP contribution in [0.4, 0.5) is 0 Å². The Balaban J connectivity index is 2.36. The molecule has 1 amide bonds. The van der Waals surface area contributed by atoms with E-state index in [1.807, 2.05) is 6.92 Å². The number of aliphatic carboxylic acids is 1. The lowest BCUT2D eigenvalue weighted by Crippen LogP contribution is -2.41. The lowest BCUT2D eigenvalue weighted by atomic mass is 10.4. The fourth-order valence-corrected chi connectivity index (χ4v) is 1.44. The molecule has 86 valence electrons. The minimum atomic E-state index is -0.890. The minimum Gasteiger partial charge on any atom is -0.480 e. The summed E-state index contributed by atoms with van der Waals surface area (Å²) in [4.78, 5) is 25.5. The first-order valence-corrected chi connectivity index (χ1v) is 5.24. The van der Waals surface area contributed by atoms with Crippen molar-refractivity contribution >= 4 is 11.9 Å². The first kappa shape index (κ1) is 12.0. The van der Waals surface area contributed by atoms with Crippen LogP contribution in [0, 0.1) is 0 Å². The molecule has 0 bridgehead atoms. The number of carboxylic acids is 1. The molecule has 0 aromatic rings. The molecule has 15 heavy (non-hydrogen) atoms. The fourth-order valence-electron chi connectivity index (χ4n) is 1.44. The maximum atomic E-state index is 11.7. The summed E-state index contributed by atoms with van der Waals surface area (Å²) in [6.07, 6.45) is 2.15. The summed E-state index contributed by atoms with van der Waals surface area (Å²) in [5, 5.41) is 8.62. The molecular weight excluding hydrogens is 196 g/mol. The highest BCUT2D eigenvalue weighted by atomic mass is 16.4. The Morgan fingerprint density at radius 1 is 1.33 bits per heavy atom. The molecule has 5 nitrogen and oxygen atoms in total. The third kappa shape index (κ3) is 3.87. The molecule has 0 spiro atoms. The topological polar surface area (TPSA) is 60.9 Å². The zero-order valence-corrected chi connectivity index (χ0v) is 9.27. The van der Waals surface area contributed by atoms with E-state index < -0.39 is 5.97 Å². The molecule has 1 N–H and O–H groups in total. The van der Waals surface area contributed by atoms with E-state index >= 15 is 0 Å². The van der Waals surface area contributed by atoms with Crippen LogP contribution < -0.4 is 0 Å². The van der Waals surface area contributed by atoms with Crippen molar-refractivity contribution < 1.29 is 14.7 Å². The van der Waals surface area contributed by atoms with E-state index in [0.717, 1.165) is 12.8 Å². The SMILES string of the molecule is CCN(CC(=O)O)CC(=O)N(C)C1CC1. The molecule has 0 saturated heterocycles. The van der Waals surface area contributed by atoms with E-state index in [4.69, 9.17) is 5.11 Å². The van der Waals surface area contributed by atoms with Crippen molar-refractivity contribution in [2.24, 2.45) is 0 Å². The number of amides is 1. The molecule has 1 aliphatic rings. The van der Waals surface area contributed by atoms with E-state index in [9.17, 15) is 9.59 Å². The molecule has 1 aliphatic carbocycles. The van der Waals surface area contributed by atoms with Gasteiger partial charge in [0.2, 0.25) is 5.91 Å². The molecule has 0 unspecified atom stereocenters. The van der Waals surface area contributed by atoms with Crippen molar-refractivity contribution in [3.05, 3.63) is 0 Å². The number of carbonyl (C=O) groups is 2. The molecule has 1 saturated carbocycles. The quantitative estimate of drug-likeness (QED) is 0.677. The summed E-state index contributed by atoms with van der Waals surface area (Å²) in [6.45, 7) is 2.57. The van der Waals surface area contributed by atoms with Gasteiger partial charge in [-0.2, -0.15) is 0 Å². The number of carbonyl (C=O) groups excluding carboxylic acids is 1. The number of rotatable bonds is 6. The Labute approximate surface area is 89.7 Å². The highest BCUT2D eigenvalue weighted by Crippen LogP contribution is 2.25. The van der Waals surface area contributed by atoms with Gasteiger partial charge < -0.3 is 10.0 Å². The van der Waals surface area contributed by atoms with Gasteiger partial charge in [0, 0.05) is 13.1 Å². The zero-order valence-electron chi connectivity index (χ0n) is 9.27. The number of hydrogen-bond acceptors (Lipinski definition) is 3. The molecule has 0 aromatic carbocycles. The largest absolute Gasteiger partial charge is 0.480 e. The van der Waals surface area contributed by atoms with Crippen LogP contribution in [0.3, 0.4) is 0 Å². The van der Waals surface area contributed by atoms with Gasteiger partial charge >= 0.3 is 5.97 Å². The van der Waals surface area contributed by atoms with Gasteiger partial charge in [-0.1, -0.05) is 6.92 Å². The number of hydrogen-bond donors (Lipinski definition) is 1. The Kier molecular flexibility index (Phi) is 4.08. The van der Waals surface area contributed by atoms with Crippen molar-refractivity contribution in [2.75, 3.05) is 26.7 Å². The third-order valence-electron chi connectivity index (χ3n) is 2.65. The van der Waals surface area contributed by atoms with Gasteiger partial charge in [0.1, 0.15) is 0 Å². The maximum absolute atomic E-state index is 11.7. The summed E-state index contributed by atoms with van der Waals surface area (Å²) in [5.74, 6) is -0.876. The highest BCUT2D eigenvalue weighted by Gasteiger charge is 2.30. The molecule has 0 aromatic heterocycles. The van der Waals surface area contributed by atoms with Gasteiger partial charge in [0.25, 0.3) is 0 Å². The van der Waals surface area contributed by atoms with Gasteiger partial charge in [-0.3, -0.25) is 14.5 Å². The van der Waals surface area contributed by atoms with Gasteiger partial charge in [-0.15, -0.1) is 0 Å². The Hall–Kier alpha value is -1.10. The van der Waals surface area contributed by atoms with Crippen molar-refractivity contribution in [1.82, 2.24) is 9.80 Å². The Bertz CT molecular complexity index is 251. The number of nitrogens with zero attached hydrogens (tertiary/aromatic N) is 2. The van der Waals surface area contributed by atoms with Crippen LogP contribution in [0.1, 0.15) is 19.8 Å². The second-order valence-corrected chi connectivity index (χ2v) is 3.93. The van der Waals surface area contributed by atoms with Crippen LogP contribution in [0.5, 0.6) is 0 Å². The predicted octanol–water partition coefficient (Wildman–Crippen LogP) is 0.0137. The number of likely N-dealkylation sites (N-methyl/N-ethyl adjacent to an activating group) is 2. The molecule has 0 atom stereocenters. The van der Waals surface area contributed by atoms with Crippen molar-refractivity contribution in [3.8, 4) is 0 Å². The monoisotopic (exact) mass is 214 g/mol. The van der Waals surface area contributed by atoms with Crippen LogP contribution in [-0.4, -0.2) is 59.5 Å². The van der Waals surface area contributed by atoms with Crippen molar-refractivity contribution in [3.63, 3.8) is 0 Å². The van der Waals surface area contributed by atoms with E-state index in [-0.39, 0.29) is 19.0 Å². The molecule has 5 heteroatoms. The summed E-state index contributed by atoms with van der Waals surface area (Å²) < 4.78 is 0. The van der Waals surface area contributed by atoms with Crippen LogP contribution >= 0.6 is 0 Å². The molecule has 0 aliphatic heterocycles. The van der Waals surface area contributed by atoms with E-state index in [2.05, 4.69) is 0 Å². The summed E-state index contributed by atoms with van der Waals surface area (Å²) >= 11 is 0. The van der Waals surface area contributed by atoms with Crippen LogP contribution in [0.15, 0.2) is 0 Å². The van der Waals surface area contributed by atoms with E-state index in [1.54, 1.807) is 16.8 Å². The average molecular weight is 214 g/mol. The first-order chi connectivity index (χ1) is 7.04. The molecular formula is C10H18N2O3. The Morgan fingerprint density at radius 3 is 2.33 bits per heavy atom. The lowest BCUT2D eigenvalue weighted by molar-refractivity contribution is -0.139. The molecule has 0 heterocycles. The summed E-state index contributed by atoms with van der Waals surface area (Å²) in [7, 11) is 1.79. The average Bonchev–Trinajstić information content (AvgIpc) is 2.97. The third-order valence-corrected chi connectivity index (χ3v) is 2.65. The van der Waals surface area contributed by atoms with Gasteiger partial charge in [0.05, 0.1) is 13.1 Å². The van der Waals surface area contributed by atoms with E-state index in [0.29, 0.717) is 12.6 Å². The van der Waals surface area contributed by atoms with Gasteiger partial charge in [-0.05, 0) is 19.4 Å². The van der Waals surface area contributed by atoms with Gasteiger partial charge in [0.15, 0.2) is 0 Å². The number of carboxylic acid groups (broad SMARTS) is 1. The highest BCUT2D eigenvalue weighted by molar-refractivity contribution is 5.79. The fraction of sp³-hybridized carbons (Fsp3) is 0.800. The normalized spacial score (nSPS) is 15.4. The lowest BCUT2D eigenvalue weighted by Gasteiger charge is -2.22.